The van der Waals surface area contributed by atoms with Crippen molar-refractivity contribution in [3.63, 3.8) is 0 Å². The van der Waals surface area contributed by atoms with E-state index >= 15 is 0 Å². The maximum absolute atomic E-state index is 12.9. The van der Waals surface area contributed by atoms with Gasteiger partial charge in [-0.05, 0) is 30.9 Å². The molecule has 0 aliphatic rings. The van der Waals surface area contributed by atoms with Crippen LogP contribution < -0.4 is 5.32 Å². The molecule has 1 aromatic heterocycles. The lowest BCUT2D eigenvalue weighted by Gasteiger charge is -2.15. The van der Waals surface area contributed by atoms with Crippen molar-refractivity contribution in [3.8, 4) is 5.75 Å². The fourth-order valence-electron chi connectivity index (χ4n) is 1.86. The van der Waals surface area contributed by atoms with Gasteiger partial charge in [-0.15, -0.1) is 11.3 Å². The van der Waals surface area contributed by atoms with Gasteiger partial charge in [0.2, 0.25) is 0 Å². The number of nitrogens with one attached hydrogen (secondary N) is 1. The Morgan fingerprint density at radius 1 is 1.39 bits per heavy atom. The van der Waals surface area contributed by atoms with Gasteiger partial charge in [0, 0.05) is 29.1 Å². The zero-order valence-electron chi connectivity index (χ0n) is 10.2. The fraction of sp³-hybridized carbons (Fsp3) is 0.286. The van der Waals surface area contributed by atoms with Crippen molar-refractivity contribution in [2.45, 2.75) is 19.4 Å². The molecule has 2 rings (SSSR count). The van der Waals surface area contributed by atoms with Crippen molar-refractivity contribution in [3.05, 3.63) is 52.0 Å². The number of rotatable bonds is 5. The van der Waals surface area contributed by atoms with E-state index in [0.29, 0.717) is 0 Å². The molecule has 1 unspecified atom stereocenters. The third kappa shape index (κ3) is 3.31. The van der Waals surface area contributed by atoms with Crippen LogP contribution in [0, 0.1) is 5.82 Å². The average molecular weight is 265 g/mol. The summed E-state index contributed by atoms with van der Waals surface area (Å²) in [5.74, 6) is -0.409. The van der Waals surface area contributed by atoms with Crippen LogP contribution in [0.1, 0.15) is 23.4 Å². The number of thiophene rings is 1. The number of benzene rings is 1. The topological polar surface area (TPSA) is 32.3 Å². The van der Waals surface area contributed by atoms with Crippen LogP contribution in [-0.2, 0) is 6.42 Å². The van der Waals surface area contributed by atoms with Crippen LogP contribution in [0.15, 0.2) is 35.7 Å². The van der Waals surface area contributed by atoms with Crippen molar-refractivity contribution in [1.82, 2.24) is 5.32 Å². The van der Waals surface area contributed by atoms with Gasteiger partial charge in [0.1, 0.15) is 11.6 Å². The summed E-state index contributed by atoms with van der Waals surface area (Å²) in [6.07, 6.45) is 0.962. The van der Waals surface area contributed by atoms with E-state index in [1.807, 2.05) is 13.0 Å². The molecule has 0 aliphatic carbocycles. The highest BCUT2D eigenvalue weighted by molar-refractivity contribution is 7.09. The number of halogens is 1. The summed E-state index contributed by atoms with van der Waals surface area (Å²) in [6.45, 7) is 2.79. The zero-order valence-corrected chi connectivity index (χ0v) is 11.0. The molecule has 0 bridgehead atoms. The largest absolute Gasteiger partial charge is 0.508 e. The van der Waals surface area contributed by atoms with Gasteiger partial charge < -0.3 is 10.4 Å². The standard InChI is InChI=1S/C14H16FNOS/c1-10(13-5-4-11(15)9-14(13)17)16-7-6-12-3-2-8-18-12/h2-5,8-10,16-17H,6-7H2,1H3. The smallest absolute Gasteiger partial charge is 0.126 e. The number of hydrogen-bond donors (Lipinski definition) is 2. The first-order valence-corrected chi connectivity index (χ1v) is 6.79. The summed E-state index contributed by atoms with van der Waals surface area (Å²) >= 11 is 1.74. The summed E-state index contributed by atoms with van der Waals surface area (Å²) in [4.78, 5) is 1.33. The maximum Gasteiger partial charge on any atom is 0.126 e. The van der Waals surface area contributed by atoms with E-state index < -0.39 is 5.82 Å². The molecule has 0 radical (unpaired) electrons. The van der Waals surface area contributed by atoms with Gasteiger partial charge in [-0.25, -0.2) is 4.39 Å². The molecule has 0 saturated carbocycles. The highest BCUT2D eigenvalue weighted by Crippen LogP contribution is 2.24. The molecule has 1 aromatic carbocycles. The number of aromatic hydroxyl groups is 1. The Labute approximate surface area is 110 Å². The minimum Gasteiger partial charge on any atom is -0.508 e. The quantitative estimate of drug-likeness (QED) is 0.867. The molecule has 0 spiro atoms. The molecule has 0 aliphatic heterocycles. The van der Waals surface area contributed by atoms with E-state index in [4.69, 9.17) is 0 Å². The lowest BCUT2D eigenvalue weighted by Crippen LogP contribution is -2.21. The van der Waals surface area contributed by atoms with Crippen molar-refractivity contribution in [2.24, 2.45) is 0 Å². The van der Waals surface area contributed by atoms with E-state index in [1.165, 1.54) is 10.9 Å². The van der Waals surface area contributed by atoms with Crippen molar-refractivity contribution in [1.29, 1.82) is 0 Å². The molecular weight excluding hydrogens is 249 g/mol. The Kier molecular flexibility index (Phi) is 4.33. The van der Waals surface area contributed by atoms with Crippen LogP contribution in [0.4, 0.5) is 4.39 Å². The van der Waals surface area contributed by atoms with Gasteiger partial charge in [0.15, 0.2) is 0 Å². The summed E-state index contributed by atoms with van der Waals surface area (Å²) in [5.41, 5.74) is 0.725. The Hall–Kier alpha value is -1.39. The van der Waals surface area contributed by atoms with Gasteiger partial charge >= 0.3 is 0 Å². The van der Waals surface area contributed by atoms with E-state index in [2.05, 4.69) is 16.8 Å². The first-order chi connectivity index (χ1) is 8.66. The molecule has 2 nitrogen and oxygen atoms in total. The van der Waals surface area contributed by atoms with E-state index in [9.17, 15) is 9.50 Å². The molecule has 96 valence electrons. The molecule has 18 heavy (non-hydrogen) atoms. The van der Waals surface area contributed by atoms with Gasteiger partial charge in [-0.3, -0.25) is 0 Å². The first kappa shape index (κ1) is 13.1. The molecule has 2 aromatic rings. The summed E-state index contributed by atoms with van der Waals surface area (Å²) < 4.78 is 12.9. The van der Waals surface area contributed by atoms with Crippen molar-refractivity contribution >= 4 is 11.3 Å². The maximum atomic E-state index is 12.9. The van der Waals surface area contributed by atoms with Gasteiger partial charge in [-0.2, -0.15) is 0 Å². The third-order valence-corrected chi connectivity index (χ3v) is 3.80. The van der Waals surface area contributed by atoms with Crippen LogP contribution in [0.5, 0.6) is 5.75 Å². The zero-order chi connectivity index (χ0) is 13.0. The lowest BCUT2D eigenvalue weighted by molar-refractivity contribution is 0.447. The fourth-order valence-corrected chi connectivity index (χ4v) is 2.57. The number of phenolic OH excluding ortho intramolecular Hbond substituents is 1. The molecule has 1 atom stereocenters. The Balaban J connectivity index is 1.89. The molecule has 1 heterocycles. The van der Waals surface area contributed by atoms with Crippen LogP contribution >= 0.6 is 11.3 Å². The van der Waals surface area contributed by atoms with E-state index in [1.54, 1.807) is 17.4 Å². The second kappa shape index (κ2) is 5.98. The summed E-state index contributed by atoms with van der Waals surface area (Å²) in [6, 6.07) is 8.28. The van der Waals surface area contributed by atoms with Crippen molar-refractivity contribution < 1.29 is 9.50 Å². The van der Waals surface area contributed by atoms with Gasteiger partial charge in [-0.1, -0.05) is 12.1 Å². The van der Waals surface area contributed by atoms with Crippen LogP contribution in [0.3, 0.4) is 0 Å². The van der Waals surface area contributed by atoms with Crippen LogP contribution in [0.25, 0.3) is 0 Å². The second-order valence-electron chi connectivity index (χ2n) is 4.21. The molecular formula is C14H16FNOS. The third-order valence-electron chi connectivity index (χ3n) is 2.86. The Morgan fingerprint density at radius 3 is 2.89 bits per heavy atom. The average Bonchev–Trinajstić information content (AvgIpc) is 2.81. The molecule has 0 fully saturated rings. The molecule has 2 N–H and O–H groups in total. The minimum atomic E-state index is -0.415. The summed E-state index contributed by atoms with van der Waals surface area (Å²) in [7, 11) is 0. The predicted octanol–water partition coefficient (Wildman–Crippen LogP) is 3.49. The summed E-state index contributed by atoms with van der Waals surface area (Å²) in [5, 5.41) is 15.0. The Bertz CT molecular complexity index is 499. The van der Waals surface area contributed by atoms with Gasteiger partial charge in [0.05, 0.1) is 0 Å². The highest BCUT2D eigenvalue weighted by Gasteiger charge is 2.10. The first-order valence-electron chi connectivity index (χ1n) is 5.91. The van der Waals surface area contributed by atoms with Crippen molar-refractivity contribution in [2.75, 3.05) is 6.54 Å². The van der Waals surface area contributed by atoms with Crippen LogP contribution in [0.2, 0.25) is 0 Å². The Morgan fingerprint density at radius 2 is 2.22 bits per heavy atom. The van der Waals surface area contributed by atoms with E-state index in [0.717, 1.165) is 24.6 Å². The minimum absolute atomic E-state index is 0.00515. The number of hydrogen-bond acceptors (Lipinski definition) is 3. The lowest BCUT2D eigenvalue weighted by atomic mass is 10.1. The molecule has 4 heteroatoms. The van der Waals surface area contributed by atoms with Crippen LogP contribution in [-0.4, -0.2) is 11.7 Å². The normalized spacial score (nSPS) is 12.6. The molecule has 0 saturated heterocycles. The SMILES string of the molecule is CC(NCCc1cccs1)c1ccc(F)cc1O. The van der Waals surface area contributed by atoms with Gasteiger partial charge in [0.25, 0.3) is 0 Å². The second-order valence-corrected chi connectivity index (χ2v) is 5.24. The highest BCUT2D eigenvalue weighted by atomic mass is 32.1. The predicted molar refractivity (Wildman–Crippen MR) is 72.5 cm³/mol. The molecule has 0 amide bonds. The monoisotopic (exact) mass is 265 g/mol. The van der Waals surface area contributed by atoms with E-state index in [-0.39, 0.29) is 11.8 Å². The number of phenols is 1.